The van der Waals surface area contributed by atoms with Crippen LogP contribution >= 0.6 is 0 Å². The van der Waals surface area contributed by atoms with E-state index >= 15 is 0 Å². The van der Waals surface area contributed by atoms with Crippen LogP contribution in [-0.2, 0) is 4.74 Å². The first-order chi connectivity index (χ1) is 11.4. The van der Waals surface area contributed by atoms with Crippen LogP contribution < -0.4 is 0 Å². The first kappa shape index (κ1) is 16.1. The standard InChI is InChI=1S/C21H34O3/c1-14(22)16-7-12-21(23)18(16,2)10-8-17-19-9-4-3-5-15(19)6-11-20(17,21)24-13-19/h14-17,22-23H,3-13H2,1-2H3/t14?,15-,16-,17-,18-,19-,20+,21-/m1/s1. The van der Waals surface area contributed by atoms with Crippen molar-refractivity contribution in [2.24, 2.45) is 28.6 Å². The van der Waals surface area contributed by atoms with E-state index < -0.39 is 5.60 Å². The maximum atomic E-state index is 12.1. The fourth-order valence-electron chi connectivity index (χ4n) is 8.70. The summed E-state index contributed by atoms with van der Waals surface area (Å²) in [5.74, 6) is 1.59. The molecule has 4 aliphatic carbocycles. The third kappa shape index (κ3) is 1.53. The Balaban J connectivity index is 1.60. The minimum Gasteiger partial charge on any atom is -0.393 e. The molecule has 8 atom stereocenters. The second-order valence-electron chi connectivity index (χ2n) is 10.1. The lowest BCUT2D eigenvalue weighted by atomic mass is 9.42. The number of ether oxygens (including phenoxy) is 1. The maximum absolute atomic E-state index is 12.1. The second kappa shape index (κ2) is 4.78. The molecule has 0 aromatic heterocycles. The van der Waals surface area contributed by atoms with Gasteiger partial charge in [-0.3, -0.25) is 0 Å². The molecule has 5 rings (SSSR count). The van der Waals surface area contributed by atoms with E-state index in [0.717, 1.165) is 38.2 Å². The monoisotopic (exact) mass is 334 g/mol. The highest BCUT2D eigenvalue weighted by Gasteiger charge is 2.78. The molecule has 5 fully saturated rings. The highest BCUT2D eigenvalue weighted by Crippen LogP contribution is 2.74. The topological polar surface area (TPSA) is 49.7 Å². The van der Waals surface area contributed by atoms with E-state index in [1.54, 1.807) is 0 Å². The van der Waals surface area contributed by atoms with Gasteiger partial charge in [0.2, 0.25) is 0 Å². The zero-order chi connectivity index (χ0) is 16.8. The Hall–Kier alpha value is -0.120. The molecule has 0 amide bonds. The zero-order valence-electron chi connectivity index (χ0n) is 15.4. The van der Waals surface area contributed by atoms with Gasteiger partial charge in [0.25, 0.3) is 0 Å². The Labute approximate surface area is 146 Å². The van der Waals surface area contributed by atoms with Crippen LogP contribution in [0.15, 0.2) is 0 Å². The minimum absolute atomic E-state index is 0.190. The van der Waals surface area contributed by atoms with Crippen LogP contribution in [0.25, 0.3) is 0 Å². The van der Waals surface area contributed by atoms with Crippen LogP contribution in [0.4, 0.5) is 0 Å². The maximum Gasteiger partial charge on any atom is 0.101 e. The number of aliphatic hydroxyl groups is 2. The molecule has 24 heavy (non-hydrogen) atoms. The summed E-state index contributed by atoms with van der Waals surface area (Å²) in [5.41, 5.74) is -0.894. The fraction of sp³-hybridized carbons (Fsp3) is 1.00. The molecule has 0 aromatic carbocycles. The first-order valence-corrected chi connectivity index (χ1v) is 10.4. The predicted octanol–water partition coefficient (Wildman–Crippen LogP) is 3.66. The van der Waals surface area contributed by atoms with Crippen molar-refractivity contribution in [1.29, 1.82) is 0 Å². The Kier molecular flexibility index (Phi) is 3.20. The molecule has 0 radical (unpaired) electrons. The molecule has 2 bridgehead atoms. The smallest absolute Gasteiger partial charge is 0.101 e. The summed E-state index contributed by atoms with van der Waals surface area (Å²) in [6.07, 6.45) is 11.4. The Morgan fingerprint density at radius 1 is 1.00 bits per heavy atom. The number of fused-ring (bicyclic) bond motifs is 1. The van der Waals surface area contributed by atoms with Gasteiger partial charge in [0.1, 0.15) is 5.60 Å². The van der Waals surface area contributed by atoms with Gasteiger partial charge in [-0.1, -0.05) is 19.8 Å². The molecule has 1 heterocycles. The van der Waals surface area contributed by atoms with Gasteiger partial charge in [0.05, 0.1) is 18.3 Å². The summed E-state index contributed by atoms with van der Waals surface area (Å²) >= 11 is 0. The second-order valence-corrected chi connectivity index (χ2v) is 10.1. The number of hydrogen-bond acceptors (Lipinski definition) is 3. The van der Waals surface area contributed by atoms with Crippen molar-refractivity contribution >= 4 is 0 Å². The van der Waals surface area contributed by atoms with E-state index in [2.05, 4.69) is 6.92 Å². The van der Waals surface area contributed by atoms with Crippen molar-refractivity contribution in [1.82, 2.24) is 0 Å². The van der Waals surface area contributed by atoms with Crippen molar-refractivity contribution in [3.8, 4) is 0 Å². The van der Waals surface area contributed by atoms with Gasteiger partial charge in [-0.2, -0.15) is 0 Å². The van der Waals surface area contributed by atoms with E-state index in [-0.39, 0.29) is 23.0 Å². The summed E-state index contributed by atoms with van der Waals surface area (Å²) in [6, 6.07) is 0. The van der Waals surface area contributed by atoms with Gasteiger partial charge in [0.15, 0.2) is 0 Å². The van der Waals surface area contributed by atoms with Crippen molar-refractivity contribution in [2.45, 2.75) is 95.4 Å². The van der Waals surface area contributed by atoms with Crippen LogP contribution in [-0.4, -0.2) is 34.1 Å². The average molecular weight is 335 g/mol. The number of aliphatic hydroxyl groups excluding tert-OH is 1. The highest BCUT2D eigenvalue weighted by atomic mass is 16.5. The summed E-state index contributed by atoms with van der Waals surface area (Å²) in [7, 11) is 0. The summed E-state index contributed by atoms with van der Waals surface area (Å²) < 4.78 is 6.71. The third-order valence-corrected chi connectivity index (χ3v) is 9.79. The van der Waals surface area contributed by atoms with E-state index in [1.807, 2.05) is 6.92 Å². The summed E-state index contributed by atoms with van der Waals surface area (Å²) in [5, 5.41) is 22.5. The molecular weight excluding hydrogens is 300 g/mol. The molecule has 5 aliphatic rings. The Morgan fingerprint density at radius 3 is 2.62 bits per heavy atom. The van der Waals surface area contributed by atoms with E-state index in [0.29, 0.717) is 11.3 Å². The number of rotatable bonds is 1. The SMILES string of the molecule is CC(O)[C@H]1CC[C@]2(O)[C@@]34CC[C@H]5CCCC[C@]5(CO3)[C@H]4CC[C@]12C. The van der Waals surface area contributed by atoms with Gasteiger partial charge < -0.3 is 14.9 Å². The van der Waals surface area contributed by atoms with Gasteiger partial charge in [-0.25, -0.2) is 0 Å². The van der Waals surface area contributed by atoms with Crippen LogP contribution in [0.5, 0.6) is 0 Å². The molecule has 1 aliphatic heterocycles. The molecular formula is C21H34O3. The first-order valence-electron chi connectivity index (χ1n) is 10.4. The van der Waals surface area contributed by atoms with Crippen LogP contribution in [0, 0.1) is 28.6 Å². The lowest BCUT2D eigenvalue weighted by Crippen LogP contribution is -2.70. The Morgan fingerprint density at radius 2 is 1.83 bits per heavy atom. The van der Waals surface area contributed by atoms with Crippen LogP contribution in [0.2, 0.25) is 0 Å². The van der Waals surface area contributed by atoms with Crippen molar-refractivity contribution < 1.29 is 14.9 Å². The molecule has 136 valence electrons. The van der Waals surface area contributed by atoms with Gasteiger partial charge in [0, 0.05) is 10.8 Å². The highest BCUT2D eigenvalue weighted by molar-refractivity contribution is 5.27. The van der Waals surface area contributed by atoms with Gasteiger partial charge >= 0.3 is 0 Å². The largest absolute Gasteiger partial charge is 0.393 e. The molecule has 4 saturated carbocycles. The zero-order valence-corrected chi connectivity index (χ0v) is 15.4. The quantitative estimate of drug-likeness (QED) is 0.769. The lowest BCUT2D eigenvalue weighted by molar-refractivity contribution is -0.263. The lowest BCUT2D eigenvalue weighted by Gasteiger charge is -2.64. The van der Waals surface area contributed by atoms with E-state index in [9.17, 15) is 10.2 Å². The molecule has 1 spiro atoms. The van der Waals surface area contributed by atoms with Gasteiger partial charge in [-0.15, -0.1) is 0 Å². The Bertz CT molecular complexity index is 543. The van der Waals surface area contributed by atoms with E-state index in [1.165, 1.54) is 38.5 Å². The third-order valence-electron chi connectivity index (χ3n) is 9.79. The minimum atomic E-state index is -0.740. The predicted molar refractivity (Wildman–Crippen MR) is 92.5 cm³/mol. The normalized spacial score (nSPS) is 60.2. The average Bonchev–Trinajstić information content (AvgIpc) is 2.95. The van der Waals surface area contributed by atoms with Crippen LogP contribution in [0.1, 0.15) is 78.1 Å². The molecule has 3 heteroatoms. The van der Waals surface area contributed by atoms with Crippen LogP contribution in [0.3, 0.4) is 0 Å². The van der Waals surface area contributed by atoms with Gasteiger partial charge in [-0.05, 0) is 76.0 Å². The molecule has 1 unspecified atom stereocenters. The summed E-state index contributed by atoms with van der Waals surface area (Å²) in [6.45, 7) is 5.06. The molecule has 3 nitrogen and oxygen atoms in total. The van der Waals surface area contributed by atoms with Crippen molar-refractivity contribution in [3.05, 3.63) is 0 Å². The fourth-order valence-corrected chi connectivity index (χ4v) is 8.70. The molecule has 2 N–H and O–H groups in total. The molecule has 1 saturated heterocycles. The van der Waals surface area contributed by atoms with E-state index in [4.69, 9.17) is 4.74 Å². The van der Waals surface area contributed by atoms with Crippen molar-refractivity contribution in [3.63, 3.8) is 0 Å². The van der Waals surface area contributed by atoms with Crippen molar-refractivity contribution in [2.75, 3.05) is 6.61 Å². The molecule has 0 aromatic rings. The summed E-state index contributed by atoms with van der Waals surface area (Å²) in [4.78, 5) is 0. The number of hydrogen-bond donors (Lipinski definition) is 2.